The van der Waals surface area contributed by atoms with Gasteiger partial charge < -0.3 is 11.5 Å². The van der Waals surface area contributed by atoms with Gasteiger partial charge in [-0.15, -0.1) is 0 Å². The second kappa shape index (κ2) is 1.82. The highest BCUT2D eigenvalue weighted by molar-refractivity contribution is 5.94. The van der Waals surface area contributed by atoms with Crippen molar-refractivity contribution in [2.45, 2.75) is 0 Å². The summed E-state index contributed by atoms with van der Waals surface area (Å²) in [5.74, 6) is 0.918. The van der Waals surface area contributed by atoms with Gasteiger partial charge in [-0.2, -0.15) is 5.32 Å². The molecule has 1 aromatic heterocycles. The summed E-state index contributed by atoms with van der Waals surface area (Å²) in [5, 5.41) is 3.81. The van der Waals surface area contributed by atoms with E-state index in [4.69, 9.17) is 11.5 Å². The summed E-state index contributed by atoms with van der Waals surface area (Å²) in [5.41, 5.74) is 11.2. The normalized spacial score (nSPS) is 13.6. The van der Waals surface area contributed by atoms with E-state index in [2.05, 4.69) is 20.3 Å². The highest BCUT2D eigenvalue weighted by atomic mass is 15.2. The van der Waals surface area contributed by atoms with Crippen molar-refractivity contribution < 1.29 is 0 Å². The summed E-state index contributed by atoms with van der Waals surface area (Å²) in [6.07, 6.45) is 1.33. The standard InChI is InChI=1S/C5H5N6/c6-3-2-4(9-1-8-3)11-5(7)10-2/h1H,(H2,7,10)(H2,6,8,9). The molecular weight excluding hydrogens is 144 g/mol. The second-order valence-electron chi connectivity index (χ2n) is 2.01. The molecule has 0 aliphatic carbocycles. The number of nitrogen functional groups attached to an aromatic ring is 1. The van der Waals surface area contributed by atoms with Crippen LogP contribution in [0.5, 0.6) is 0 Å². The summed E-state index contributed by atoms with van der Waals surface area (Å²) >= 11 is 0. The maximum atomic E-state index is 5.46. The van der Waals surface area contributed by atoms with Crippen LogP contribution in [0, 0.1) is 0 Å². The summed E-state index contributed by atoms with van der Waals surface area (Å²) in [7, 11) is 0. The van der Waals surface area contributed by atoms with Gasteiger partial charge in [-0.3, -0.25) is 0 Å². The average Bonchev–Trinajstić information content (AvgIpc) is 2.31. The molecule has 1 aliphatic heterocycles. The van der Waals surface area contributed by atoms with Crippen molar-refractivity contribution in [3.05, 3.63) is 6.33 Å². The van der Waals surface area contributed by atoms with Crippen LogP contribution >= 0.6 is 0 Å². The third kappa shape index (κ3) is 0.759. The lowest BCUT2D eigenvalue weighted by Gasteiger charge is -1.94. The zero-order valence-electron chi connectivity index (χ0n) is 5.52. The summed E-state index contributed by atoms with van der Waals surface area (Å²) in [4.78, 5) is 11.4. The molecule has 6 nitrogen and oxygen atoms in total. The predicted octanol–water partition coefficient (Wildman–Crippen LogP) is -0.746. The molecule has 4 N–H and O–H groups in total. The van der Waals surface area contributed by atoms with Crippen molar-refractivity contribution in [1.29, 1.82) is 0 Å². The lowest BCUT2D eigenvalue weighted by molar-refractivity contribution is 1.11. The Morgan fingerprint density at radius 3 is 2.73 bits per heavy atom. The molecule has 0 aromatic carbocycles. The molecule has 0 unspecified atom stereocenters. The van der Waals surface area contributed by atoms with Crippen molar-refractivity contribution in [1.82, 2.24) is 15.3 Å². The van der Waals surface area contributed by atoms with Gasteiger partial charge in [0, 0.05) is 0 Å². The van der Waals surface area contributed by atoms with Crippen molar-refractivity contribution in [3.8, 4) is 0 Å². The predicted molar refractivity (Wildman–Crippen MR) is 39.5 cm³/mol. The molecule has 6 heteroatoms. The van der Waals surface area contributed by atoms with Crippen LogP contribution in [-0.2, 0) is 0 Å². The fourth-order valence-electron chi connectivity index (χ4n) is 0.820. The summed E-state index contributed by atoms with van der Waals surface area (Å²) in [6, 6.07) is 0. The minimum Gasteiger partial charge on any atom is -0.382 e. The molecule has 0 amide bonds. The number of rotatable bonds is 0. The molecule has 0 bridgehead atoms. The molecule has 2 heterocycles. The Bertz CT molecular complexity index is 330. The Morgan fingerprint density at radius 2 is 2.00 bits per heavy atom. The summed E-state index contributed by atoms with van der Waals surface area (Å²) < 4.78 is 0. The van der Waals surface area contributed by atoms with Crippen LogP contribution < -0.4 is 16.8 Å². The molecule has 0 spiro atoms. The van der Waals surface area contributed by atoms with E-state index in [0.717, 1.165) is 0 Å². The number of aliphatic imine (C=N–C) groups is 1. The van der Waals surface area contributed by atoms with E-state index in [1.807, 2.05) is 0 Å². The van der Waals surface area contributed by atoms with E-state index in [9.17, 15) is 0 Å². The lowest BCUT2D eigenvalue weighted by Crippen LogP contribution is -2.17. The zero-order valence-corrected chi connectivity index (χ0v) is 5.52. The molecule has 0 atom stereocenters. The monoisotopic (exact) mass is 149 g/mol. The van der Waals surface area contributed by atoms with Crippen LogP contribution in [0.1, 0.15) is 0 Å². The topological polar surface area (TPSA) is 104 Å². The van der Waals surface area contributed by atoms with Crippen LogP contribution in [0.2, 0.25) is 0 Å². The number of nitrogens with zero attached hydrogens (tertiary/aromatic N) is 4. The van der Waals surface area contributed by atoms with Gasteiger partial charge in [-0.1, -0.05) is 0 Å². The first-order valence-electron chi connectivity index (χ1n) is 2.94. The van der Waals surface area contributed by atoms with Crippen LogP contribution in [0.25, 0.3) is 0 Å². The average molecular weight is 149 g/mol. The van der Waals surface area contributed by atoms with E-state index in [1.165, 1.54) is 6.33 Å². The van der Waals surface area contributed by atoms with Gasteiger partial charge in [0.2, 0.25) is 5.96 Å². The number of aromatic nitrogens is 2. The number of guanidine groups is 1. The van der Waals surface area contributed by atoms with Gasteiger partial charge in [0.15, 0.2) is 17.3 Å². The first-order valence-corrected chi connectivity index (χ1v) is 2.94. The molecule has 1 aliphatic rings. The Balaban J connectivity index is 2.61. The third-order valence-electron chi connectivity index (χ3n) is 1.28. The highest BCUT2D eigenvalue weighted by Gasteiger charge is 2.17. The van der Waals surface area contributed by atoms with E-state index in [1.54, 1.807) is 0 Å². The van der Waals surface area contributed by atoms with Crippen LogP contribution in [0.15, 0.2) is 11.3 Å². The van der Waals surface area contributed by atoms with Crippen molar-refractivity contribution in [2.24, 2.45) is 10.7 Å². The van der Waals surface area contributed by atoms with E-state index in [0.29, 0.717) is 17.3 Å². The second-order valence-corrected chi connectivity index (χ2v) is 2.01. The Morgan fingerprint density at radius 1 is 1.18 bits per heavy atom. The van der Waals surface area contributed by atoms with Crippen molar-refractivity contribution >= 4 is 23.3 Å². The zero-order chi connectivity index (χ0) is 7.84. The largest absolute Gasteiger partial charge is 0.382 e. The lowest BCUT2D eigenvalue weighted by atomic mass is 10.4. The van der Waals surface area contributed by atoms with E-state index >= 15 is 0 Å². The quantitative estimate of drug-likeness (QED) is 0.506. The van der Waals surface area contributed by atoms with Gasteiger partial charge in [0.25, 0.3) is 0 Å². The molecule has 0 saturated heterocycles. The number of hydrogen-bond donors (Lipinski definition) is 2. The molecule has 2 rings (SSSR count). The van der Waals surface area contributed by atoms with Crippen molar-refractivity contribution in [3.63, 3.8) is 0 Å². The van der Waals surface area contributed by atoms with Gasteiger partial charge in [0.1, 0.15) is 6.33 Å². The number of fused-ring (bicyclic) bond motifs is 1. The van der Waals surface area contributed by atoms with E-state index < -0.39 is 0 Å². The Kier molecular flexibility index (Phi) is 0.974. The first kappa shape index (κ1) is 5.90. The fourth-order valence-corrected chi connectivity index (χ4v) is 0.820. The third-order valence-corrected chi connectivity index (χ3v) is 1.28. The smallest absolute Gasteiger partial charge is 0.222 e. The molecular formula is C5H5N6. The molecule has 0 saturated carbocycles. The maximum absolute atomic E-state index is 5.46. The Hall–Kier alpha value is -1.85. The number of anilines is 1. The Labute approximate surface area is 62.4 Å². The highest BCUT2D eigenvalue weighted by Crippen LogP contribution is 2.30. The molecule has 0 fully saturated rings. The molecule has 1 radical (unpaired) electrons. The van der Waals surface area contributed by atoms with Gasteiger partial charge in [0.05, 0.1) is 0 Å². The van der Waals surface area contributed by atoms with E-state index in [-0.39, 0.29) is 5.96 Å². The minimum atomic E-state index is 0.173. The SMILES string of the molecule is NC1=Nc2c(N)ncnc2[N]1. The number of hydrogen-bond acceptors (Lipinski definition) is 5. The summed E-state index contributed by atoms with van der Waals surface area (Å²) in [6.45, 7) is 0. The molecule has 55 valence electrons. The number of nitrogens with two attached hydrogens (primary N) is 2. The van der Waals surface area contributed by atoms with Crippen LogP contribution in [0.3, 0.4) is 0 Å². The minimum absolute atomic E-state index is 0.173. The van der Waals surface area contributed by atoms with Gasteiger partial charge in [-0.05, 0) is 0 Å². The first-order chi connectivity index (χ1) is 5.27. The molecule has 11 heavy (non-hydrogen) atoms. The van der Waals surface area contributed by atoms with Crippen LogP contribution in [-0.4, -0.2) is 15.9 Å². The van der Waals surface area contributed by atoms with Gasteiger partial charge in [-0.25, -0.2) is 15.0 Å². The van der Waals surface area contributed by atoms with Crippen LogP contribution in [0.4, 0.5) is 17.3 Å². The maximum Gasteiger partial charge on any atom is 0.222 e. The van der Waals surface area contributed by atoms with Gasteiger partial charge >= 0.3 is 0 Å². The fraction of sp³-hybridized carbons (Fsp3) is 0. The van der Waals surface area contributed by atoms with Crippen molar-refractivity contribution in [2.75, 3.05) is 5.73 Å². The molecule has 1 aromatic rings.